The molecule has 1 atom stereocenters. The first kappa shape index (κ1) is 24.4. The Morgan fingerprint density at radius 1 is 1.05 bits per heavy atom. The molecule has 1 aliphatic rings. The van der Waals surface area contributed by atoms with Gasteiger partial charge >= 0.3 is 5.63 Å². The summed E-state index contributed by atoms with van der Waals surface area (Å²) in [6.45, 7) is 2.37. The number of ether oxygens (including phenoxy) is 3. The predicted molar refractivity (Wildman–Crippen MR) is 136 cm³/mol. The monoisotopic (exact) mass is 503 g/mol. The molecule has 7 nitrogen and oxygen atoms in total. The minimum Gasteiger partial charge on any atom is -0.493 e. The number of amides is 1. The number of fused-ring (bicyclic) bond motifs is 2. The number of aryl methyl sites for hydroxylation is 1. The third kappa shape index (κ3) is 4.74. The number of methoxy groups -OCH3 is 2. The van der Waals surface area contributed by atoms with Crippen LogP contribution < -0.4 is 19.8 Å². The van der Waals surface area contributed by atoms with Gasteiger partial charge in [0.25, 0.3) is 5.91 Å². The molecule has 0 radical (unpaired) electrons. The highest BCUT2D eigenvalue weighted by atomic mass is 19.1. The molecule has 4 aromatic rings. The van der Waals surface area contributed by atoms with Gasteiger partial charge in [0.2, 0.25) is 0 Å². The molecule has 0 N–H and O–H groups in total. The average Bonchev–Trinajstić information content (AvgIpc) is 2.90. The van der Waals surface area contributed by atoms with Gasteiger partial charge in [-0.15, -0.1) is 0 Å². The maximum absolute atomic E-state index is 13.9. The van der Waals surface area contributed by atoms with Crippen molar-refractivity contribution in [3.05, 3.63) is 99.2 Å². The Labute approximate surface area is 213 Å². The molecule has 0 unspecified atom stereocenters. The molecule has 0 bridgehead atoms. The van der Waals surface area contributed by atoms with Gasteiger partial charge in [0.05, 0.1) is 20.3 Å². The number of carbonyl (C=O) groups excluding carboxylic acids is 1. The molecule has 0 aliphatic carbocycles. The lowest BCUT2D eigenvalue weighted by molar-refractivity contribution is 0.0589. The van der Waals surface area contributed by atoms with Crippen LogP contribution >= 0.6 is 0 Å². The highest BCUT2D eigenvalue weighted by Crippen LogP contribution is 2.39. The molecule has 0 fully saturated rings. The molecule has 0 saturated carbocycles. The van der Waals surface area contributed by atoms with Crippen LogP contribution in [-0.4, -0.2) is 38.2 Å². The molecule has 3 aromatic carbocycles. The molecule has 190 valence electrons. The molecule has 8 heteroatoms. The number of nitrogens with zero attached hydrogens (tertiary/aromatic N) is 1. The van der Waals surface area contributed by atoms with Gasteiger partial charge in [-0.2, -0.15) is 0 Å². The first-order valence-corrected chi connectivity index (χ1v) is 11.9. The number of hydrogen-bond acceptors (Lipinski definition) is 6. The van der Waals surface area contributed by atoms with Crippen LogP contribution in [-0.2, 0) is 6.42 Å². The van der Waals surface area contributed by atoms with E-state index in [9.17, 15) is 14.0 Å². The fourth-order valence-electron chi connectivity index (χ4n) is 4.81. The number of carbonyl (C=O) groups is 1. The average molecular weight is 504 g/mol. The van der Waals surface area contributed by atoms with E-state index in [0.717, 1.165) is 22.1 Å². The van der Waals surface area contributed by atoms with Crippen molar-refractivity contribution in [1.82, 2.24) is 4.90 Å². The molecule has 1 aromatic heterocycles. The van der Waals surface area contributed by atoms with Crippen LogP contribution in [0.5, 0.6) is 17.2 Å². The minimum absolute atomic E-state index is 0.116. The Kier molecular flexibility index (Phi) is 6.56. The van der Waals surface area contributed by atoms with Crippen molar-refractivity contribution in [2.75, 3.05) is 27.4 Å². The molecular formula is C29H26FNO6. The molecule has 1 amide bonds. The molecule has 0 saturated heterocycles. The normalized spacial score (nSPS) is 14.8. The van der Waals surface area contributed by atoms with E-state index < -0.39 is 17.5 Å². The quantitative estimate of drug-likeness (QED) is 0.342. The number of rotatable bonds is 6. The standard InChI is InChI=1S/C29H26FNO6/c1-17-11-28(32)37-25-14-21(7-8-22(17)25)36-16-24-23-15-27(35-3)26(34-2)13-18(23)9-10-31(24)29(33)19-5-4-6-20(30)12-19/h4-8,11-15,24H,9-10,16H2,1-3H3/t24-/m1/s1. The van der Waals surface area contributed by atoms with Crippen LogP contribution in [0.3, 0.4) is 0 Å². The zero-order chi connectivity index (χ0) is 26.1. The summed E-state index contributed by atoms with van der Waals surface area (Å²) in [5, 5.41) is 0.815. The lowest BCUT2D eigenvalue weighted by Gasteiger charge is -2.37. The fraction of sp³-hybridized carbons (Fsp3) is 0.241. The third-order valence-electron chi connectivity index (χ3n) is 6.67. The second-order valence-corrected chi connectivity index (χ2v) is 8.90. The van der Waals surface area contributed by atoms with Crippen LogP contribution in [0.25, 0.3) is 11.0 Å². The lowest BCUT2D eigenvalue weighted by atomic mass is 9.91. The molecule has 2 heterocycles. The van der Waals surface area contributed by atoms with E-state index in [4.69, 9.17) is 18.6 Å². The minimum atomic E-state index is -0.487. The van der Waals surface area contributed by atoms with Gasteiger partial charge in [-0.25, -0.2) is 9.18 Å². The summed E-state index contributed by atoms with van der Waals surface area (Å²) in [5.74, 6) is 0.858. The topological polar surface area (TPSA) is 78.2 Å². The maximum atomic E-state index is 13.9. The van der Waals surface area contributed by atoms with Crippen molar-refractivity contribution >= 4 is 16.9 Å². The highest BCUT2D eigenvalue weighted by molar-refractivity contribution is 5.94. The van der Waals surface area contributed by atoms with Crippen LogP contribution in [0.15, 0.2) is 69.9 Å². The van der Waals surface area contributed by atoms with Gasteiger partial charge in [-0.1, -0.05) is 6.07 Å². The second-order valence-electron chi connectivity index (χ2n) is 8.90. The summed E-state index contributed by atoms with van der Waals surface area (Å²) in [6, 6.07) is 15.7. The van der Waals surface area contributed by atoms with E-state index in [1.54, 1.807) is 37.3 Å². The predicted octanol–water partition coefficient (Wildman–Crippen LogP) is 5.08. The lowest BCUT2D eigenvalue weighted by Crippen LogP contribution is -2.42. The largest absolute Gasteiger partial charge is 0.493 e. The van der Waals surface area contributed by atoms with Crippen molar-refractivity contribution in [2.45, 2.75) is 19.4 Å². The summed E-state index contributed by atoms with van der Waals surface area (Å²) in [6.07, 6.45) is 0.591. The Morgan fingerprint density at radius 2 is 1.84 bits per heavy atom. The van der Waals surface area contributed by atoms with Crippen LogP contribution in [0, 0.1) is 12.7 Å². The summed E-state index contributed by atoms with van der Waals surface area (Å²) < 4.78 is 36.4. The van der Waals surface area contributed by atoms with E-state index in [1.807, 2.05) is 25.1 Å². The Balaban J connectivity index is 1.52. The summed E-state index contributed by atoms with van der Waals surface area (Å²) in [5.41, 5.74) is 2.93. The van der Waals surface area contributed by atoms with E-state index in [0.29, 0.717) is 35.8 Å². The van der Waals surface area contributed by atoms with E-state index in [-0.39, 0.29) is 18.1 Å². The zero-order valence-corrected chi connectivity index (χ0v) is 20.7. The van der Waals surface area contributed by atoms with Crippen molar-refractivity contribution < 1.29 is 27.8 Å². The smallest absolute Gasteiger partial charge is 0.336 e. The number of halogens is 1. The highest BCUT2D eigenvalue weighted by Gasteiger charge is 2.33. The van der Waals surface area contributed by atoms with E-state index in [1.165, 1.54) is 24.3 Å². The first-order valence-electron chi connectivity index (χ1n) is 11.9. The van der Waals surface area contributed by atoms with Gasteiger partial charge < -0.3 is 23.5 Å². The Hall–Kier alpha value is -4.33. The van der Waals surface area contributed by atoms with E-state index in [2.05, 4.69) is 0 Å². The van der Waals surface area contributed by atoms with Crippen LogP contribution in [0.2, 0.25) is 0 Å². The fourth-order valence-corrected chi connectivity index (χ4v) is 4.81. The summed E-state index contributed by atoms with van der Waals surface area (Å²) >= 11 is 0. The molecule has 0 spiro atoms. The molecule has 1 aliphatic heterocycles. The van der Waals surface area contributed by atoms with Gasteiger partial charge in [0, 0.05) is 29.6 Å². The van der Waals surface area contributed by atoms with Gasteiger partial charge in [-0.3, -0.25) is 4.79 Å². The molecular weight excluding hydrogens is 477 g/mol. The Bertz CT molecular complexity index is 1550. The van der Waals surface area contributed by atoms with Crippen LogP contribution in [0.4, 0.5) is 4.39 Å². The third-order valence-corrected chi connectivity index (χ3v) is 6.67. The van der Waals surface area contributed by atoms with Crippen molar-refractivity contribution in [3.8, 4) is 17.2 Å². The van der Waals surface area contributed by atoms with E-state index >= 15 is 0 Å². The van der Waals surface area contributed by atoms with Crippen LogP contribution in [0.1, 0.15) is 33.1 Å². The second kappa shape index (κ2) is 9.97. The molecule has 37 heavy (non-hydrogen) atoms. The number of hydrogen-bond donors (Lipinski definition) is 0. The first-order chi connectivity index (χ1) is 17.9. The Morgan fingerprint density at radius 3 is 2.59 bits per heavy atom. The van der Waals surface area contributed by atoms with Gasteiger partial charge in [-0.05, 0) is 72.5 Å². The van der Waals surface area contributed by atoms with Crippen molar-refractivity contribution in [3.63, 3.8) is 0 Å². The van der Waals surface area contributed by atoms with Gasteiger partial charge in [0.1, 0.15) is 23.8 Å². The van der Waals surface area contributed by atoms with Crippen molar-refractivity contribution in [2.24, 2.45) is 0 Å². The molecule has 5 rings (SSSR count). The number of benzene rings is 3. The summed E-state index contributed by atoms with van der Waals surface area (Å²) in [7, 11) is 3.13. The summed E-state index contributed by atoms with van der Waals surface area (Å²) in [4.78, 5) is 27.0. The SMILES string of the molecule is COc1cc2c(cc1OC)[C@@H](COc1ccc3c(C)cc(=O)oc3c1)N(C(=O)c1cccc(F)c1)CC2. The van der Waals surface area contributed by atoms with Crippen molar-refractivity contribution in [1.29, 1.82) is 0 Å². The zero-order valence-electron chi connectivity index (χ0n) is 20.7. The maximum Gasteiger partial charge on any atom is 0.336 e. The van der Waals surface area contributed by atoms with Gasteiger partial charge in [0.15, 0.2) is 11.5 Å².